The first kappa shape index (κ1) is 9.45. The predicted molar refractivity (Wildman–Crippen MR) is 48.8 cm³/mol. The Morgan fingerprint density at radius 2 is 2.43 bits per heavy atom. The van der Waals surface area contributed by atoms with Gasteiger partial charge < -0.3 is 15.3 Å². The third-order valence-corrected chi connectivity index (χ3v) is 2.94. The molecule has 2 saturated heterocycles. The van der Waals surface area contributed by atoms with Crippen molar-refractivity contribution >= 4 is 11.9 Å². The van der Waals surface area contributed by atoms with Crippen molar-refractivity contribution in [1.29, 1.82) is 0 Å². The molecule has 2 atom stereocenters. The molecular weight excluding hydrogens is 184 g/mol. The van der Waals surface area contributed by atoms with E-state index in [1.807, 2.05) is 4.90 Å². The summed E-state index contributed by atoms with van der Waals surface area (Å²) in [6.07, 6.45) is 1.97. The molecule has 2 fully saturated rings. The van der Waals surface area contributed by atoms with Crippen LogP contribution in [0.5, 0.6) is 0 Å². The minimum Gasteiger partial charge on any atom is -0.481 e. The molecule has 2 aliphatic rings. The number of hydrogen-bond donors (Lipinski definition) is 2. The molecule has 2 N–H and O–H groups in total. The van der Waals surface area contributed by atoms with Crippen LogP contribution in [0.2, 0.25) is 0 Å². The lowest BCUT2D eigenvalue weighted by Gasteiger charge is -2.34. The standard InChI is InChI=1S/C9H14N2O3/c12-8(13)4-7-9(14)11-3-1-2-6(11)5-10-7/h6-7,10H,1-5H2,(H,12,13)/t6-,7-/m0/s1. The summed E-state index contributed by atoms with van der Waals surface area (Å²) in [5, 5.41) is 11.6. The Bertz CT molecular complexity index is 267. The number of amides is 1. The molecule has 0 bridgehead atoms. The number of nitrogens with zero attached hydrogens (tertiary/aromatic N) is 1. The van der Waals surface area contributed by atoms with E-state index in [1.54, 1.807) is 0 Å². The molecule has 5 nitrogen and oxygen atoms in total. The Labute approximate surface area is 82.1 Å². The second kappa shape index (κ2) is 3.57. The number of carbonyl (C=O) groups excluding carboxylic acids is 1. The maximum atomic E-state index is 11.7. The van der Waals surface area contributed by atoms with Gasteiger partial charge in [-0.3, -0.25) is 9.59 Å². The van der Waals surface area contributed by atoms with Crippen molar-refractivity contribution in [2.24, 2.45) is 0 Å². The number of hydrogen-bond acceptors (Lipinski definition) is 3. The molecule has 14 heavy (non-hydrogen) atoms. The second-order valence-electron chi connectivity index (χ2n) is 3.89. The number of fused-ring (bicyclic) bond motifs is 1. The van der Waals surface area contributed by atoms with E-state index in [9.17, 15) is 9.59 Å². The molecule has 2 rings (SSSR count). The first-order valence-electron chi connectivity index (χ1n) is 4.94. The monoisotopic (exact) mass is 198 g/mol. The highest BCUT2D eigenvalue weighted by molar-refractivity contribution is 5.87. The summed E-state index contributed by atoms with van der Waals surface area (Å²) in [5.41, 5.74) is 0. The Balaban J connectivity index is 2.02. The van der Waals surface area contributed by atoms with Gasteiger partial charge in [0.1, 0.15) is 0 Å². The zero-order valence-electron chi connectivity index (χ0n) is 7.90. The molecule has 0 aromatic rings. The van der Waals surface area contributed by atoms with Crippen LogP contribution in [0.4, 0.5) is 0 Å². The second-order valence-corrected chi connectivity index (χ2v) is 3.89. The van der Waals surface area contributed by atoms with Crippen LogP contribution >= 0.6 is 0 Å². The van der Waals surface area contributed by atoms with Gasteiger partial charge >= 0.3 is 5.97 Å². The third kappa shape index (κ3) is 1.59. The van der Waals surface area contributed by atoms with Gasteiger partial charge in [-0.25, -0.2) is 0 Å². The first-order valence-corrected chi connectivity index (χ1v) is 4.94. The van der Waals surface area contributed by atoms with Crippen LogP contribution in [0.25, 0.3) is 0 Å². The molecule has 2 heterocycles. The van der Waals surface area contributed by atoms with Crippen LogP contribution < -0.4 is 5.32 Å². The Kier molecular flexibility index (Phi) is 2.41. The van der Waals surface area contributed by atoms with E-state index >= 15 is 0 Å². The number of nitrogens with one attached hydrogen (secondary N) is 1. The van der Waals surface area contributed by atoms with E-state index in [0.717, 1.165) is 25.9 Å². The fourth-order valence-corrected chi connectivity index (χ4v) is 2.24. The molecule has 1 amide bonds. The molecule has 0 aromatic heterocycles. The van der Waals surface area contributed by atoms with Gasteiger partial charge in [-0.05, 0) is 12.8 Å². The van der Waals surface area contributed by atoms with Crippen LogP contribution in [0.1, 0.15) is 19.3 Å². The van der Waals surface area contributed by atoms with E-state index in [0.29, 0.717) is 6.04 Å². The van der Waals surface area contributed by atoms with E-state index in [2.05, 4.69) is 5.32 Å². The molecule has 0 spiro atoms. The number of carboxylic acids is 1. The Morgan fingerprint density at radius 1 is 1.64 bits per heavy atom. The summed E-state index contributed by atoms with van der Waals surface area (Å²) in [7, 11) is 0. The maximum Gasteiger partial charge on any atom is 0.305 e. The van der Waals surface area contributed by atoms with Crippen molar-refractivity contribution in [3.8, 4) is 0 Å². The average Bonchev–Trinajstić information content (AvgIpc) is 2.57. The van der Waals surface area contributed by atoms with Gasteiger partial charge in [-0.1, -0.05) is 0 Å². The molecule has 2 aliphatic heterocycles. The van der Waals surface area contributed by atoms with Gasteiger partial charge in [-0.2, -0.15) is 0 Å². The molecule has 78 valence electrons. The number of aliphatic carboxylic acids is 1. The largest absolute Gasteiger partial charge is 0.481 e. The van der Waals surface area contributed by atoms with Crippen LogP contribution in [0.3, 0.4) is 0 Å². The first-order chi connectivity index (χ1) is 6.68. The van der Waals surface area contributed by atoms with Gasteiger partial charge in [0, 0.05) is 19.1 Å². The molecule has 5 heteroatoms. The lowest BCUT2D eigenvalue weighted by molar-refractivity contribution is -0.144. The van der Waals surface area contributed by atoms with Crippen LogP contribution in [-0.2, 0) is 9.59 Å². The summed E-state index contributed by atoms with van der Waals surface area (Å²) < 4.78 is 0. The number of rotatable bonds is 2. The van der Waals surface area contributed by atoms with Crippen molar-refractivity contribution in [2.45, 2.75) is 31.3 Å². The van der Waals surface area contributed by atoms with Crippen molar-refractivity contribution in [2.75, 3.05) is 13.1 Å². The molecular formula is C9H14N2O3. The number of piperazine rings is 1. The SMILES string of the molecule is O=C(O)C[C@@H]1NC[C@@H]2CCCN2C1=O. The highest BCUT2D eigenvalue weighted by Gasteiger charge is 2.38. The van der Waals surface area contributed by atoms with Crippen molar-refractivity contribution in [3.05, 3.63) is 0 Å². The summed E-state index contributed by atoms with van der Waals surface area (Å²) in [4.78, 5) is 24.1. The van der Waals surface area contributed by atoms with Crippen LogP contribution in [-0.4, -0.2) is 47.1 Å². The van der Waals surface area contributed by atoms with Crippen molar-refractivity contribution in [3.63, 3.8) is 0 Å². The summed E-state index contributed by atoms with van der Waals surface area (Å²) in [6, 6.07) is -0.214. The number of carbonyl (C=O) groups is 2. The average molecular weight is 198 g/mol. The topological polar surface area (TPSA) is 69.6 Å². The summed E-state index contributed by atoms with van der Waals surface area (Å²) in [5.74, 6) is -0.963. The lowest BCUT2D eigenvalue weighted by atomic mass is 10.1. The van der Waals surface area contributed by atoms with Crippen LogP contribution in [0, 0.1) is 0 Å². The molecule has 0 unspecified atom stereocenters. The minimum atomic E-state index is -0.923. The van der Waals surface area contributed by atoms with Crippen molar-refractivity contribution < 1.29 is 14.7 Å². The van der Waals surface area contributed by atoms with E-state index < -0.39 is 12.0 Å². The molecule has 0 aliphatic carbocycles. The highest BCUT2D eigenvalue weighted by atomic mass is 16.4. The Morgan fingerprint density at radius 3 is 3.14 bits per heavy atom. The predicted octanol–water partition coefficient (Wildman–Crippen LogP) is -0.576. The maximum absolute atomic E-state index is 11.7. The normalized spacial score (nSPS) is 31.7. The smallest absolute Gasteiger partial charge is 0.305 e. The fraction of sp³-hybridized carbons (Fsp3) is 0.778. The quantitative estimate of drug-likeness (QED) is 0.623. The van der Waals surface area contributed by atoms with Gasteiger partial charge in [-0.15, -0.1) is 0 Å². The fourth-order valence-electron chi connectivity index (χ4n) is 2.24. The summed E-state index contributed by atoms with van der Waals surface area (Å²) in [6.45, 7) is 1.53. The third-order valence-electron chi connectivity index (χ3n) is 2.94. The van der Waals surface area contributed by atoms with Crippen molar-refractivity contribution in [1.82, 2.24) is 10.2 Å². The summed E-state index contributed by atoms with van der Waals surface area (Å²) >= 11 is 0. The molecule has 0 aromatic carbocycles. The number of carboxylic acid groups (broad SMARTS) is 1. The minimum absolute atomic E-state index is 0.0406. The van der Waals surface area contributed by atoms with Crippen LogP contribution in [0.15, 0.2) is 0 Å². The zero-order valence-corrected chi connectivity index (χ0v) is 7.90. The van der Waals surface area contributed by atoms with E-state index in [1.165, 1.54) is 0 Å². The lowest BCUT2D eigenvalue weighted by Crippen LogP contribution is -2.58. The van der Waals surface area contributed by atoms with Gasteiger partial charge in [0.05, 0.1) is 12.5 Å². The van der Waals surface area contributed by atoms with Gasteiger partial charge in [0.25, 0.3) is 0 Å². The van der Waals surface area contributed by atoms with Gasteiger partial charge in [0.2, 0.25) is 5.91 Å². The molecule has 0 radical (unpaired) electrons. The highest BCUT2D eigenvalue weighted by Crippen LogP contribution is 2.21. The van der Waals surface area contributed by atoms with E-state index in [-0.39, 0.29) is 12.3 Å². The van der Waals surface area contributed by atoms with E-state index in [4.69, 9.17) is 5.11 Å². The van der Waals surface area contributed by atoms with Gasteiger partial charge in [0.15, 0.2) is 0 Å². The Hall–Kier alpha value is -1.10. The molecule has 0 saturated carbocycles. The zero-order chi connectivity index (χ0) is 10.1.